The fourth-order valence-electron chi connectivity index (χ4n) is 1.42. The van der Waals surface area contributed by atoms with Crippen LogP contribution >= 0.6 is 0 Å². The minimum Gasteiger partial charge on any atom is -0.487 e. The highest BCUT2D eigenvalue weighted by Crippen LogP contribution is 2.28. The Morgan fingerprint density at radius 3 is 2.90 bits per heavy atom. The van der Waals surface area contributed by atoms with Gasteiger partial charge >= 0.3 is 11.7 Å². The van der Waals surface area contributed by atoms with Crippen molar-refractivity contribution in [1.82, 2.24) is 0 Å². The molecule has 6 heteroatoms. The first-order valence-electron chi connectivity index (χ1n) is 5.80. The van der Waals surface area contributed by atoms with E-state index >= 15 is 0 Å². The Morgan fingerprint density at radius 2 is 2.30 bits per heavy atom. The molecular weight excluding hydrogens is 262 g/mol. The average Bonchev–Trinajstić information content (AvgIpc) is 2.41. The van der Waals surface area contributed by atoms with Crippen molar-refractivity contribution < 1.29 is 19.6 Å². The second kappa shape index (κ2) is 7.59. The Labute approximate surface area is 115 Å². The van der Waals surface area contributed by atoms with Crippen LogP contribution in [0.15, 0.2) is 24.3 Å². The van der Waals surface area contributed by atoms with Crippen molar-refractivity contribution in [1.29, 1.82) is 0 Å². The third-order valence-corrected chi connectivity index (χ3v) is 2.32. The number of unbranched alkanes of at least 4 members (excludes halogenated alkanes) is 1. The predicted octanol–water partition coefficient (Wildman–Crippen LogP) is 2.48. The highest BCUT2D eigenvalue weighted by Gasteiger charge is 2.15. The molecule has 0 unspecified atom stereocenters. The maximum atomic E-state index is 10.9. The third kappa shape index (κ3) is 4.82. The monoisotopic (exact) mass is 275 g/mol. The Bertz CT molecular complexity index is 571. The number of hydrogen-bond acceptors (Lipinski definition) is 4. The lowest BCUT2D eigenvalue weighted by molar-refractivity contribution is -0.385. The molecule has 0 aliphatic carbocycles. The second-order valence-corrected chi connectivity index (χ2v) is 3.81. The first-order valence-corrected chi connectivity index (χ1v) is 5.80. The van der Waals surface area contributed by atoms with E-state index in [-0.39, 0.29) is 18.0 Å². The molecule has 104 valence electrons. The van der Waals surface area contributed by atoms with Crippen LogP contribution in [-0.2, 0) is 4.79 Å². The number of aliphatic carboxylic acids is 1. The molecule has 0 saturated carbocycles. The Morgan fingerprint density at radius 1 is 1.55 bits per heavy atom. The number of nitrogens with zero attached hydrogens (tertiary/aromatic N) is 1. The topological polar surface area (TPSA) is 89.7 Å². The Hall–Kier alpha value is -2.81. The largest absolute Gasteiger partial charge is 0.487 e. The van der Waals surface area contributed by atoms with Crippen LogP contribution < -0.4 is 4.74 Å². The molecule has 1 N–H and O–H groups in total. The molecular formula is C14H13NO5. The maximum Gasteiger partial charge on any atom is 0.328 e. The van der Waals surface area contributed by atoms with E-state index in [0.29, 0.717) is 18.4 Å². The summed E-state index contributed by atoms with van der Waals surface area (Å²) < 4.78 is 5.33. The first-order chi connectivity index (χ1) is 9.54. The van der Waals surface area contributed by atoms with E-state index in [9.17, 15) is 14.9 Å². The summed E-state index contributed by atoms with van der Waals surface area (Å²) in [6.45, 7) is 0.261. The van der Waals surface area contributed by atoms with Crippen molar-refractivity contribution in [3.63, 3.8) is 0 Å². The van der Waals surface area contributed by atoms with E-state index in [0.717, 1.165) is 6.08 Å². The van der Waals surface area contributed by atoms with Gasteiger partial charge in [-0.3, -0.25) is 10.1 Å². The summed E-state index contributed by atoms with van der Waals surface area (Å²) in [6.07, 6.45) is 8.49. The zero-order chi connectivity index (χ0) is 15.0. The average molecular weight is 275 g/mol. The number of nitro groups is 1. The molecule has 0 saturated heterocycles. The summed E-state index contributed by atoms with van der Waals surface area (Å²) in [5.41, 5.74) is 0.336. The molecule has 0 radical (unpaired) electrons. The van der Waals surface area contributed by atoms with Crippen molar-refractivity contribution in [3.8, 4) is 18.1 Å². The SMILES string of the molecule is C#CCCCOc1cc(/C=C/C(=O)O)ccc1[N+](=O)[O-]. The van der Waals surface area contributed by atoms with Crippen LogP contribution in [0.3, 0.4) is 0 Å². The van der Waals surface area contributed by atoms with Crippen LogP contribution in [0.1, 0.15) is 18.4 Å². The van der Waals surface area contributed by atoms with Crippen LogP contribution in [-0.4, -0.2) is 22.6 Å². The summed E-state index contributed by atoms with van der Waals surface area (Å²) in [5, 5.41) is 19.4. The van der Waals surface area contributed by atoms with Crippen molar-refractivity contribution in [2.45, 2.75) is 12.8 Å². The van der Waals surface area contributed by atoms with Gasteiger partial charge in [-0.2, -0.15) is 0 Å². The third-order valence-electron chi connectivity index (χ3n) is 2.32. The smallest absolute Gasteiger partial charge is 0.328 e. The standard InChI is InChI=1S/C14H13NO5/c1-2-3-4-9-20-13-10-11(6-8-14(16)17)5-7-12(13)15(18)19/h1,5-8,10H,3-4,9H2,(H,16,17)/b8-6+. The first kappa shape index (κ1) is 15.2. The zero-order valence-electron chi connectivity index (χ0n) is 10.6. The number of carboxylic acid groups (broad SMARTS) is 1. The van der Waals surface area contributed by atoms with Crippen molar-refractivity contribution in [3.05, 3.63) is 40.0 Å². The molecule has 0 atom stereocenters. The fraction of sp³-hybridized carbons (Fsp3) is 0.214. The number of rotatable bonds is 7. The van der Waals surface area contributed by atoms with Gasteiger partial charge in [0.15, 0.2) is 5.75 Å². The van der Waals surface area contributed by atoms with Crippen LogP contribution in [0.25, 0.3) is 6.08 Å². The minimum absolute atomic E-state index is 0.0968. The number of carbonyl (C=O) groups is 1. The van der Waals surface area contributed by atoms with Crippen LogP contribution in [0.5, 0.6) is 5.75 Å². The van der Waals surface area contributed by atoms with Gasteiger partial charge < -0.3 is 9.84 Å². The number of benzene rings is 1. The summed E-state index contributed by atoms with van der Waals surface area (Å²) in [6, 6.07) is 4.15. The van der Waals surface area contributed by atoms with E-state index in [1.807, 2.05) is 0 Å². The molecule has 1 aromatic rings. The lowest BCUT2D eigenvalue weighted by atomic mass is 10.1. The molecule has 0 aromatic heterocycles. The molecule has 0 heterocycles. The van der Waals surface area contributed by atoms with E-state index in [1.165, 1.54) is 24.3 Å². The van der Waals surface area contributed by atoms with Crippen LogP contribution in [0.2, 0.25) is 0 Å². The van der Waals surface area contributed by atoms with Crippen LogP contribution in [0, 0.1) is 22.5 Å². The number of ether oxygens (including phenoxy) is 1. The number of carboxylic acids is 1. The quantitative estimate of drug-likeness (QED) is 0.271. The Kier molecular flexibility index (Phi) is 5.78. The maximum absolute atomic E-state index is 10.9. The van der Waals surface area contributed by atoms with E-state index in [2.05, 4.69) is 5.92 Å². The molecule has 0 aliphatic rings. The summed E-state index contributed by atoms with van der Waals surface area (Å²) in [7, 11) is 0. The van der Waals surface area contributed by atoms with Gasteiger partial charge in [0.25, 0.3) is 0 Å². The molecule has 6 nitrogen and oxygen atoms in total. The van der Waals surface area contributed by atoms with Gasteiger partial charge in [-0.25, -0.2) is 4.79 Å². The minimum atomic E-state index is -1.10. The van der Waals surface area contributed by atoms with Gasteiger partial charge in [-0.15, -0.1) is 12.3 Å². The lowest BCUT2D eigenvalue weighted by Crippen LogP contribution is -2.00. The van der Waals surface area contributed by atoms with E-state index < -0.39 is 10.9 Å². The molecule has 1 aromatic carbocycles. The summed E-state index contributed by atoms with van der Waals surface area (Å²) in [4.78, 5) is 20.7. The highest BCUT2D eigenvalue weighted by atomic mass is 16.6. The van der Waals surface area contributed by atoms with Crippen molar-refractivity contribution >= 4 is 17.7 Å². The lowest BCUT2D eigenvalue weighted by Gasteiger charge is -2.06. The fourth-order valence-corrected chi connectivity index (χ4v) is 1.42. The molecule has 0 spiro atoms. The molecule has 0 fully saturated rings. The van der Waals surface area contributed by atoms with Crippen LogP contribution in [0.4, 0.5) is 5.69 Å². The molecule has 0 bridgehead atoms. The van der Waals surface area contributed by atoms with Gasteiger partial charge in [0, 0.05) is 18.6 Å². The van der Waals surface area contributed by atoms with Gasteiger partial charge in [0.1, 0.15) is 0 Å². The zero-order valence-corrected chi connectivity index (χ0v) is 10.6. The summed E-state index contributed by atoms with van der Waals surface area (Å²) >= 11 is 0. The normalized spacial score (nSPS) is 10.2. The number of nitro benzene ring substituents is 1. The van der Waals surface area contributed by atoms with Crippen molar-refractivity contribution in [2.75, 3.05) is 6.61 Å². The van der Waals surface area contributed by atoms with Gasteiger partial charge in [0.2, 0.25) is 0 Å². The van der Waals surface area contributed by atoms with Gasteiger partial charge in [-0.05, 0) is 30.2 Å². The van der Waals surface area contributed by atoms with E-state index in [1.54, 1.807) is 0 Å². The van der Waals surface area contributed by atoms with Gasteiger partial charge in [0.05, 0.1) is 11.5 Å². The molecule has 0 amide bonds. The second-order valence-electron chi connectivity index (χ2n) is 3.81. The molecule has 20 heavy (non-hydrogen) atoms. The summed E-state index contributed by atoms with van der Waals surface area (Å²) in [5.74, 6) is 1.44. The van der Waals surface area contributed by atoms with E-state index in [4.69, 9.17) is 16.3 Å². The number of terminal acetylenes is 1. The number of hydrogen-bond donors (Lipinski definition) is 1. The van der Waals surface area contributed by atoms with Gasteiger partial charge in [-0.1, -0.05) is 0 Å². The Balaban J connectivity index is 2.91. The molecule has 1 rings (SSSR count). The highest BCUT2D eigenvalue weighted by molar-refractivity contribution is 5.85. The predicted molar refractivity (Wildman–Crippen MR) is 73.3 cm³/mol. The van der Waals surface area contributed by atoms with Crippen molar-refractivity contribution in [2.24, 2.45) is 0 Å². The molecule has 0 aliphatic heterocycles.